The molecule has 123 heavy (non-hydrogen) atoms. The Balaban J connectivity index is 0.000000171. The maximum absolute atomic E-state index is 13.8. The minimum atomic E-state index is -1.97. The van der Waals surface area contributed by atoms with Gasteiger partial charge < -0.3 is 203 Å². The van der Waals surface area contributed by atoms with Gasteiger partial charge in [-0.1, -0.05) is 0 Å². The largest absolute Gasteiger partial charge is 0.508 e. The number of benzene rings is 7. The van der Waals surface area contributed by atoms with Crippen LogP contribution < -0.4 is 40.0 Å². The van der Waals surface area contributed by atoms with E-state index in [2.05, 4.69) is 0 Å². The molecule has 14 rings (SSSR count). The van der Waals surface area contributed by atoms with E-state index in [1.54, 1.807) is 0 Å². The summed E-state index contributed by atoms with van der Waals surface area (Å²) in [5, 5.41) is 272. The van der Waals surface area contributed by atoms with E-state index in [4.69, 9.17) is 65.4 Å². The van der Waals surface area contributed by atoms with Gasteiger partial charge in [-0.15, -0.1) is 0 Å². The molecule has 0 radical (unpaired) electrons. The average molecular weight is 1740 g/mol. The monoisotopic (exact) mass is 1730 g/mol. The Labute approximate surface area is 684 Å². The van der Waals surface area contributed by atoms with Gasteiger partial charge in [0.2, 0.25) is 58.2 Å². The molecule has 4 aliphatic rings. The molecular formula is C78H78O45. The fourth-order valence-corrected chi connectivity index (χ4v) is 13.3. The van der Waals surface area contributed by atoms with E-state index < -0.39 is 288 Å². The molecule has 0 aliphatic carbocycles. The number of aliphatic hydroxyl groups excluding tert-OH is 11. The Morgan fingerprint density at radius 1 is 0.333 bits per heavy atom. The van der Waals surface area contributed by atoms with Gasteiger partial charge in [0.15, 0.2) is 92.9 Å². The molecule has 4 fully saturated rings. The SMILES string of the molecule is CC1OC(Oc2c(-c3cc(O)c(O)c(O)c3)oc3cc(O)cc(O)c3c2=O)C(O)C(O)C1O.CC1OC(Oc2c(-c3cc(O)c(O)c(O)c3)oc3cc(O)cc(O)c3c2=O)C(OC(=O)c2cc(O)c(O)c(O)c2)C(O)C1O.COc1cc(-c2oc3cc(O)cc(O)c3c(=O)c2O[C@H]2OC(CO[C@@H]3OC(C)[C@H](O)C(O)[C@@H]3O)[C@H](O)C(O)[C@H]2O)cc(OC)c1O. The summed E-state index contributed by atoms with van der Waals surface area (Å²) in [4.78, 5) is 53.7. The van der Waals surface area contributed by atoms with Gasteiger partial charge in [0.05, 0.1) is 44.7 Å². The van der Waals surface area contributed by atoms with Gasteiger partial charge in [0.1, 0.15) is 141 Å². The van der Waals surface area contributed by atoms with Crippen LogP contribution >= 0.6 is 0 Å². The van der Waals surface area contributed by atoms with Crippen molar-refractivity contribution in [2.24, 2.45) is 0 Å². The molecule has 0 amide bonds. The van der Waals surface area contributed by atoms with E-state index in [1.165, 1.54) is 47.1 Å². The number of phenolic OH excluding ortho intramolecular Hbond substituents is 16. The summed E-state index contributed by atoms with van der Waals surface area (Å²) >= 11 is 0. The molecule has 27 N–H and O–H groups in total. The molecule has 10 aromatic rings. The smallest absolute Gasteiger partial charge is 0.339 e. The highest BCUT2D eigenvalue weighted by atomic mass is 16.7. The van der Waals surface area contributed by atoms with Crippen molar-refractivity contribution in [1.29, 1.82) is 0 Å². The Kier molecular flexibility index (Phi) is 25.4. The first-order valence-corrected chi connectivity index (χ1v) is 36.2. The van der Waals surface area contributed by atoms with Crippen LogP contribution in [0.4, 0.5) is 0 Å². The molecule has 0 bridgehead atoms. The van der Waals surface area contributed by atoms with Gasteiger partial charge in [0, 0.05) is 53.1 Å². The van der Waals surface area contributed by atoms with Crippen LogP contribution in [-0.4, -0.2) is 287 Å². The molecular weight excluding hydrogens is 1660 g/mol. The highest BCUT2D eigenvalue weighted by Crippen LogP contribution is 2.49. The van der Waals surface area contributed by atoms with Crippen LogP contribution in [0.2, 0.25) is 0 Å². The number of aromatic hydroxyl groups is 16. The summed E-state index contributed by atoms with van der Waals surface area (Å²) in [5.74, 6) is -16.5. The summed E-state index contributed by atoms with van der Waals surface area (Å²) in [7, 11) is 2.51. The highest BCUT2D eigenvalue weighted by Gasteiger charge is 2.51. The Hall–Kier alpha value is -13.2. The first kappa shape index (κ1) is 89.1. The van der Waals surface area contributed by atoms with Crippen LogP contribution in [0, 0.1) is 0 Å². The number of esters is 1. The number of methoxy groups -OCH3 is 2. The number of carbonyl (C=O) groups is 1. The lowest BCUT2D eigenvalue weighted by atomic mass is 9.98. The topological polar surface area (TPSA) is 755 Å². The van der Waals surface area contributed by atoms with Gasteiger partial charge in [-0.2, -0.15) is 0 Å². The van der Waals surface area contributed by atoms with Crippen molar-refractivity contribution in [3.05, 3.63) is 121 Å². The van der Waals surface area contributed by atoms with Crippen molar-refractivity contribution in [3.63, 3.8) is 0 Å². The molecule has 20 atom stereocenters. The summed E-state index contributed by atoms with van der Waals surface area (Å²) in [6, 6.07) is 13.3. The summed E-state index contributed by atoms with van der Waals surface area (Å²) in [6.45, 7) is 3.53. The average Bonchev–Trinajstić information content (AvgIpc) is 0.758. The van der Waals surface area contributed by atoms with Crippen molar-refractivity contribution in [2.75, 3.05) is 20.8 Å². The zero-order valence-corrected chi connectivity index (χ0v) is 63.8. The first-order chi connectivity index (χ1) is 57.9. The molecule has 4 aliphatic heterocycles. The highest BCUT2D eigenvalue weighted by molar-refractivity contribution is 5.93. The minimum absolute atomic E-state index is 0.0207. The van der Waals surface area contributed by atoms with Crippen molar-refractivity contribution >= 4 is 38.9 Å². The van der Waals surface area contributed by atoms with E-state index in [0.717, 1.165) is 72.8 Å². The number of hydrogen-bond acceptors (Lipinski definition) is 45. The standard InChI is InChI=1S/C29H34O17.C28H24O16.C21H20O12/c1-9-18(32)22(36)24(38)28(43-9)42-8-16-20(34)23(37)25(39)29(45-16)46-27-21(35)17-12(31)6-11(30)7-13(17)44-26(27)10-4-14(40-2)19(33)15(5-10)41-3;1-8-19(35)23(39)26(43-27(40)10-4-15(33)21(37)16(34)5-10)28(41-8)44-25-22(38)18-12(30)6-11(29)7-17(18)42-24(25)9-2-13(31)20(36)14(32)3-9;1-6-14(26)17(29)18(30)21(31-6)33-20-16(28)13-9(23)4-8(22)5-12(13)32-19(20)7-2-10(24)15(27)11(25)3-7/h4-7,9,16,18,20,22-25,28-34,36-39H,8H2,1-3H3;2-8,19,23,26,28-37,39H,1H3;2-6,14,17-18,21-27,29-30H,1H3/t9?,16?,18-,20-,22?,23?,24-,25+,28+,29+;;/m0../s1. The maximum atomic E-state index is 13.8. The Bertz CT molecular complexity index is 5770. The van der Waals surface area contributed by atoms with E-state index in [-0.39, 0.29) is 56.4 Å². The Morgan fingerprint density at radius 2 is 0.642 bits per heavy atom. The molecule has 0 saturated carbocycles. The van der Waals surface area contributed by atoms with E-state index >= 15 is 0 Å². The fraction of sp³-hybridized carbons (Fsp3) is 0.333. The number of aliphatic hydroxyl groups is 11. The number of rotatable bonds is 16. The number of carbonyl (C=O) groups excluding carboxylic acids is 1. The number of ether oxygens (including phenoxy) is 11. The second-order valence-electron chi connectivity index (χ2n) is 28.2. The zero-order valence-electron chi connectivity index (χ0n) is 63.8. The second-order valence-corrected chi connectivity index (χ2v) is 28.2. The quantitative estimate of drug-likeness (QED) is 0.0447. The Morgan fingerprint density at radius 3 is 1.02 bits per heavy atom. The third kappa shape index (κ3) is 17.3. The van der Waals surface area contributed by atoms with Gasteiger partial charge in [-0.05, 0) is 69.3 Å². The molecule has 7 heterocycles. The van der Waals surface area contributed by atoms with Gasteiger partial charge in [-0.25, -0.2) is 4.79 Å². The molecule has 7 aromatic carbocycles. The number of fused-ring (bicyclic) bond motifs is 3. The predicted molar refractivity (Wildman–Crippen MR) is 405 cm³/mol. The minimum Gasteiger partial charge on any atom is -0.508 e. The third-order valence-corrected chi connectivity index (χ3v) is 19.9. The number of hydrogen-bond donors (Lipinski definition) is 27. The van der Waals surface area contributed by atoms with E-state index in [1.807, 2.05) is 0 Å². The zero-order chi connectivity index (χ0) is 90.0. The van der Waals surface area contributed by atoms with Crippen molar-refractivity contribution in [2.45, 2.75) is 144 Å². The lowest BCUT2D eigenvalue weighted by Gasteiger charge is -2.42. The first-order valence-electron chi connectivity index (χ1n) is 36.2. The van der Waals surface area contributed by atoms with Crippen molar-refractivity contribution < 1.29 is 208 Å². The molecule has 45 nitrogen and oxygen atoms in total. The fourth-order valence-electron chi connectivity index (χ4n) is 13.3. The molecule has 660 valence electrons. The molecule has 45 heteroatoms. The lowest BCUT2D eigenvalue weighted by molar-refractivity contribution is -0.318. The molecule has 14 unspecified atom stereocenters. The van der Waals surface area contributed by atoms with Crippen LogP contribution in [0.5, 0.6) is 121 Å². The van der Waals surface area contributed by atoms with Gasteiger partial charge >= 0.3 is 5.97 Å². The summed E-state index contributed by atoms with van der Waals surface area (Å²) in [6.07, 6.45) is -32.4. The van der Waals surface area contributed by atoms with E-state index in [9.17, 15) is 157 Å². The van der Waals surface area contributed by atoms with Crippen LogP contribution in [0.3, 0.4) is 0 Å². The third-order valence-electron chi connectivity index (χ3n) is 19.9. The van der Waals surface area contributed by atoms with Crippen LogP contribution in [-0.2, 0) is 28.4 Å². The van der Waals surface area contributed by atoms with Crippen LogP contribution in [0.1, 0.15) is 31.1 Å². The normalized spacial score (nSPS) is 26.3. The lowest BCUT2D eigenvalue weighted by Crippen LogP contribution is -2.61. The summed E-state index contributed by atoms with van der Waals surface area (Å²) < 4.78 is 77.4. The summed E-state index contributed by atoms with van der Waals surface area (Å²) in [5.41, 5.74) is -5.00. The predicted octanol–water partition coefficient (Wildman–Crippen LogP) is -0.00540. The molecule has 0 spiro atoms. The van der Waals surface area contributed by atoms with E-state index in [0.29, 0.717) is 0 Å². The van der Waals surface area contributed by atoms with Gasteiger partial charge in [-0.3, -0.25) is 14.4 Å². The van der Waals surface area contributed by atoms with Crippen LogP contribution in [0.25, 0.3) is 66.9 Å². The van der Waals surface area contributed by atoms with Crippen LogP contribution in [0.15, 0.2) is 113 Å². The van der Waals surface area contributed by atoms with Crippen molar-refractivity contribution in [1.82, 2.24) is 0 Å². The molecule has 3 aromatic heterocycles. The number of phenols is 16. The molecule has 4 saturated heterocycles. The maximum Gasteiger partial charge on any atom is 0.339 e. The van der Waals surface area contributed by atoms with Crippen molar-refractivity contribution in [3.8, 4) is 155 Å². The second kappa shape index (κ2) is 35.1. The van der Waals surface area contributed by atoms with Gasteiger partial charge in [0.25, 0.3) is 0 Å².